The minimum Gasteiger partial charge on any atom is -0.309 e. The molecule has 2 rings (SSSR count). The fourth-order valence-corrected chi connectivity index (χ4v) is 3.32. The number of benzene rings is 1. The number of carbonyl (C=O) groups excluding carboxylic acids is 1. The smallest absolute Gasteiger partial charge is 0.225 e. The molecule has 0 aliphatic heterocycles. The van der Waals surface area contributed by atoms with E-state index in [4.69, 9.17) is 0 Å². The summed E-state index contributed by atoms with van der Waals surface area (Å²) >= 11 is 3.35. The summed E-state index contributed by atoms with van der Waals surface area (Å²) in [5, 5.41) is 9.70. The van der Waals surface area contributed by atoms with Crippen molar-refractivity contribution in [2.24, 2.45) is 0 Å². The second-order valence-corrected chi connectivity index (χ2v) is 8.00. The van der Waals surface area contributed by atoms with Gasteiger partial charge >= 0.3 is 0 Å². The average Bonchev–Trinajstić information content (AvgIpc) is 2.96. The summed E-state index contributed by atoms with van der Waals surface area (Å²) in [4.78, 5) is 12.7. The number of rotatable bonds is 7. The molecule has 1 amide bonds. The summed E-state index contributed by atoms with van der Waals surface area (Å²) in [6, 6.07) is 9.23. The molecule has 0 spiro atoms. The Morgan fingerprint density at radius 1 is 1.35 bits per heavy atom. The molecular weight excluding hydrogens is 378 g/mol. The lowest BCUT2D eigenvalue weighted by Gasteiger charge is -2.03. The zero-order chi connectivity index (χ0) is 16.8. The molecule has 7 heteroatoms. The summed E-state index contributed by atoms with van der Waals surface area (Å²) < 4.78 is 13.1. The van der Waals surface area contributed by atoms with Crippen molar-refractivity contribution in [2.45, 2.75) is 37.5 Å². The van der Waals surface area contributed by atoms with Crippen LogP contribution in [0.3, 0.4) is 0 Å². The SMILES string of the molecule is CC(C)c1cc(NC(=O)CCCS(=O)c2ccc(Br)cc2)n[nH]1. The number of amides is 1. The average molecular weight is 398 g/mol. The highest BCUT2D eigenvalue weighted by Gasteiger charge is 2.09. The Morgan fingerprint density at radius 2 is 2.04 bits per heavy atom. The molecule has 0 fully saturated rings. The minimum absolute atomic E-state index is 0.111. The number of aromatic nitrogens is 2. The van der Waals surface area contributed by atoms with Crippen molar-refractivity contribution < 1.29 is 9.00 Å². The minimum atomic E-state index is -1.08. The molecule has 124 valence electrons. The summed E-state index contributed by atoms with van der Waals surface area (Å²) in [5.74, 6) is 1.22. The highest BCUT2D eigenvalue weighted by molar-refractivity contribution is 9.10. The van der Waals surface area contributed by atoms with Gasteiger partial charge in [0.2, 0.25) is 5.91 Å². The Bertz CT molecular complexity index is 683. The second kappa shape index (κ2) is 8.40. The Kier molecular flexibility index (Phi) is 6.53. The van der Waals surface area contributed by atoms with Crippen LogP contribution in [0.2, 0.25) is 0 Å². The van der Waals surface area contributed by atoms with Crippen molar-refractivity contribution >= 4 is 38.5 Å². The van der Waals surface area contributed by atoms with Gasteiger partial charge in [-0.2, -0.15) is 5.10 Å². The summed E-state index contributed by atoms with van der Waals surface area (Å²) in [5.41, 5.74) is 0.983. The third-order valence-corrected chi connectivity index (χ3v) is 5.28. The van der Waals surface area contributed by atoms with Gasteiger partial charge in [-0.3, -0.25) is 14.1 Å². The van der Waals surface area contributed by atoms with Gasteiger partial charge in [-0.15, -0.1) is 0 Å². The molecule has 0 saturated heterocycles. The van der Waals surface area contributed by atoms with Gasteiger partial charge in [0.25, 0.3) is 0 Å². The van der Waals surface area contributed by atoms with Crippen molar-refractivity contribution in [3.63, 3.8) is 0 Å². The summed E-state index contributed by atoms with van der Waals surface area (Å²) in [6.07, 6.45) is 0.891. The number of carbonyl (C=O) groups is 1. The normalized spacial score (nSPS) is 12.3. The van der Waals surface area contributed by atoms with E-state index in [1.807, 2.05) is 30.3 Å². The number of halogens is 1. The highest BCUT2D eigenvalue weighted by atomic mass is 79.9. The van der Waals surface area contributed by atoms with Crippen molar-refractivity contribution in [2.75, 3.05) is 11.1 Å². The molecule has 0 aliphatic carbocycles. The van der Waals surface area contributed by atoms with Crippen molar-refractivity contribution in [3.05, 3.63) is 40.5 Å². The van der Waals surface area contributed by atoms with Crippen LogP contribution in [0.15, 0.2) is 39.7 Å². The zero-order valence-electron chi connectivity index (χ0n) is 13.1. The van der Waals surface area contributed by atoms with Gasteiger partial charge in [0, 0.05) is 33.3 Å². The largest absolute Gasteiger partial charge is 0.309 e. The molecular formula is C16H20BrN3O2S. The maximum Gasteiger partial charge on any atom is 0.225 e. The third-order valence-electron chi connectivity index (χ3n) is 3.30. The topological polar surface area (TPSA) is 74.8 Å². The number of nitrogens with one attached hydrogen (secondary N) is 2. The molecule has 0 saturated carbocycles. The van der Waals surface area contributed by atoms with Crippen LogP contribution in [-0.2, 0) is 15.6 Å². The van der Waals surface area contributed by atoms with Gasteiger partial charge in [-0.1, -0.05) is 29.8 Å². The number of aromatic amines is 1. The maximum absolute atomic E-state index is 12.1. The Morgan fingerprint density at radius 3 is 2.65 bits per heavy atom. The van der Waals surface area contributed by atoms with Crippen LogP contribution in [0.25, 0.3) is 0 Å². The van der Waals surface area contributed by atoms with Crippen molar-refractivity contribution in [1.82, 2.24) is 10.2 Å². The molecule has 1 atom stereocenters. The van der Waals surface area contributed by atoms with Crippen LogP contribution in [0.5, 0.6) is 0 Å². The summed E-state index contributed by atoms with van der Waals surface area (Å²) in [6.45, 7) is 4.10. The van der Waals surface area contributed by atoms with E-state index in [0.717, 1.165) is 15.1 Å². The van der Waals surface area contributed by atoms with Gasteiger partial charge in [0.15, 0.2) is 5.82 Å². The molecule has 1 aromatic carbocycles. The van der Waals surface area contributed by atoms with E-state index in [-0.39, 0.29) is 5.91 Å². The first kappa shape index (κ1) is 17.9. The van der Waals surface area contributed by atoms with Crippen LogP contribution in [0.1, 0.15) is 38.3 Å². The second-order valence-electron chi connectivity index (χ2n) is 5.52. The molecule has 5 nitrogen and oxygen atoms in total. The fourth-order valence-electron chi connectivity index (χ4n) is 1.97. The Labute approximate surface area is 146 Å². The van der Waals surface area contributed by atoms with E-state index in [1.165, 1.54) is 0 Å². The van der Waals surface area contributed by atoms with Crippen LogP contribution < -0.4 is 5.32 Å². The standard InChI is InChI=1S/C16H20BrN3O2S/c1-11(2)14-10-15(20-19-14)18-16(21)4-3-9-23(22)13-7-5-12(17)6-8-13/h5-8,10-11H,3-4,9H2,1-2H3,(H2,18,19,20,21). The van der Waals surface area contributed by atoms with Crippen LogP contribution in [0, 0.1) is 0 Å². The Hall–Kier alpha value is -1.47. The number of H-pyrrole nitrogens is 1. The lowest BCUT2D eigenvalue weighted by molar-refractivity contribution is -0.116. The van der Waals surface area contributed by atoms with E-state index in [9.17, 15) is 9.00 Å². The van der Waals surface area contributed by atoms with Crippen molar-refractivity contribution in [1.29, 1.82) is 0 Å². The molecule has 0 bridgehead atoms. The number of nitrogens with zero attached hydrogens (tertiary/aromatic N) is 1. The van der Waals surface area contributed by atoms with Crippen molar-refractivity contribution in [3.8, 4) is 0 Å². The van der Waals surface area contributed by atoms with E-state index >= 15 is 0 Å². The quantitative estimate of drug-likeness (QED) is 0.745. The lowest BCUT2D eigenvalue weighted by Crippen LogP contribution is -2.13. The van der Waals surface area contributed by atoms with Crippen LogP contribution >= 0.6 is 15.9 Å². The summed E-state index contributed by atoms with van der Waals surface area (Å²) in [7, 11) is -1.08. The van der Waals surface area contributed by atoms with Gasteiger partial charge in [-0.05, 0) is 36.6 Å². The molecule has 1 unspecified atom stereocenters. The number of anilines is 1. The molecule has 2 aromatic rings. The monoisotopic (exact) mass is 397 g/mol. The van der Waals surface area contributed by atoms with E-state index in [0.29, 0.717) is 30.3 Å². The van der Waals surface area contributed by atoms with Gasteiger partial charge in [0.1, 0.15) is 0 Å². The first-order chi connectivity index (χ1) is 11.0. The van der Waals surface area contributed by atoms with Crippen LogP contribution in [-0.4, -0.2) is 26.1 Å². The molecule has 0 radical (unpaired) electrons. The molecule has 2 N–H and O–H groups in total. The first-order valence-corrected chi connectivity index (χ1v) is 9.56. The first-order valence-electron chi connectivity index (χ1n) is 7.45. The highest BCUT2D eigenvalue weighted by Crippen LogP contribution is 2.16. The predicted octanol–water partition coefficient (Wildman–Crippen LogP) is 3.82. The van der Waals surface area contributed by atoms with Crippen LogP contribution in [0.4, 0.5) is 5.82 Å². The van der Waals surface area contributed by atoms with Gasteiger partial charge < -0.3 is 5.32 Å². The fraction of sp³-hybridized carbons (Fsp3) is 0.375. The number of hydrogen-bond donors (Lipinski definition) is 2. The maximum atomic E-state index is 12.1. The lowest BCUT2D eigenvalue weighted by atomic mass is 10.1. The van der Waals surface area contributed by atoms with E-state index in [2.05, 4.69) is 45.3 Å². The zero-order valence-corrected chi connectivity index (χ0v) is 15.5. The Balaban J connectivity index is 1.75. The third kappa shape index (κ3) is 5.58. The van der Waals surface area contributed by atoms with Gasteiger partial charge in [-0.25, -0.2) is 0 Å². The van der Waals surface area contributed by atoms with E-state index in [1.54, 1.807) is 0 Å². The molecule has 0 aliphatic rings. The predicted molar refractivity (Wildman–Crippen MR) is 96.0 cm³/mol. The molecule has 1 aromatic heterocycles. The van der Waals surface area contributed by atoms with Gasteiger partial charge in [0.05, 0.1) is 10.8 Å². The van der Waals surface area contributed by atoms with E-state index < -0.39 is 10.8 Å². The molecule has 23 heavy (non-hydrogen) atoms. The number of hydrogen-bond acceptors (Lipinski definition) is 3. The molecule has 1 heterocycles.